The van der Waals surface area contributed by atoms with Gasteiger partial charge in [0.25, 0.3) is 0 Å². The van der Waals surface area contributed by atoms with Gasteiger partial charge in [-0.3, -0.25) is 0 Å². The van der Waals surface area contributed by atoms with Crippen molar-refractivity contribution >= 4 is 13.3 Å². The Labute approximate surface area is 70.4 Å². The summed E-state index contributed by atoms with van der Waals surface area (Å²) in [5, 5.41) is 0. The summed E-state index contributed by atoms with van der Waals surface area (Å²) in [6.45, 7) is 2.90. The van der Waals surface area contributed by atoms with Gasteiger partial charge in [-0.1, -0.05) is 0 Å². The maximum absolute atomic E-state index is 10.2. The van der Waals surface area contributed by atoms with E-state index in [2.05, 4.69) is 4.74 Å². The fourth-order valence-corrected chi connectivity index (χ4v) is 0.606. The van der Waals surface area contributed by atoms with Crippen molar-refractivity contribution < 1.29 is 23.9 Å². The smallest absolute Gasteiger partial charge is 0.334 e. The average molecular weight is 202 g/mol. The minimum absolute atomic E-state index is 0. The van der Waals surface area contributed by atoms with E-state index in [1.165, 1.54) is 13.8 Å². The second-order valence-electron chi connectivity index (χ2n) is 1.93. The fraction of sp³-hybridized carbons (Fsp3) is 0.750. The van der Waals surface area contributed by atoms with Crippen molar-refractivity contribution in [1.29, 1.82) is 0 Å². The Hall–Kier alpha value is -0.460. The van der Waals surface area contributed by atoms with Gasteiger partial charge in [0, 0.05) is 7.60 Å². The third-order valence-electron chi connectivity index (χ3n) is 0.560. The Bertz CT molecular complexity index is 176. The summed E-state index contributed by atoms with van der Waals surface area (Å²) in [4.78, 5) is 29.9. The molecule has 0 aromatic carbocycles. The highest BCUT2D eigenvalue weighted by Crippen LogP contribution is 2.26. The van der Waals surface area contributed by atoms with E-state index >= 15 is 0 Å². The lowest BCUT2D eigenvalue weighted by atomic mass is 10.5. The Balaban J connectivity index is -0.000000405. The van der Waals surface area contributed by atoms with Crippen LogP contribution in [0, 0.1) is 0 Å². The van der Waals surface area contributed by atoms with Crippen LogP contribution in [0.2, 0.25) is 0 Å². The standard InChI is InChI=1S/C4H9O5P.2H3N/c1-3(2)9-4(5)10(6,7)8;;/h3H,1-2H3,(H2,6,7,8);2*1H3. The van der Waals surface area contributed by atoms with Crippen molar-refractivity contribution in [2.75, 3.05) is 0 Å². The molecular weight excluding hydrogens is 187 g/mol. The molecule has 0 unspecified atom stereocenters. The normalized spacial score (nSPS) is 9.75. The van der Waals surface area contributed by atoms with Crippen LogP contribution in [0.1, 0.15) is 13.8 Å². The van der Waals surface area contributed by atoms with Crippen molar-refractivity contribution in [3.05, 3.63) is 0 Å². The first-order valence-electron chi connectivity index (χ1n) is 2.57. The zero-order chi connectivity index (χ0) is 8.36. The van der Waals surface area contributed by atoms with Gasteiger partial charge in [-0.15, -0.1) is 0 Å². The maximum Gasteiger partial charge on any atom is 0.334 e. The molecule has 12 heavy (non-hydrogen) atoms. The molecule has 0 amide bonds. The van der Waals surface area contributed by atoms with Crippen LogP contribution in [0.4, 0.5) is 4.79 Å². The molecule has 0 aliphatic rings. The van der Waals surface area contributed by atoms with Gasteiger partial charge in [-0.2, -0.15) is 0 Å². The van der Waals surface area contributed by atoms with Crippen molar-refractivity contribution in [1.82, 2.24) is 12.3 Å². The van der Waals surface area contributed by atoms with Crippen LogP contribution in [0.5, 0.6) is 0 Å². The summed E-state index contributed by atoms with van der Waals surface area (Å²) in [6, 6.07) is 0. The van der Waals surface area contributed by atoms with Crippen LogP contribution in [0.15, 0.2) is 0 Å². The summed E-state index contributed by atoms with van der Waals surface area (Å²) in [5.41, 5.74) is -1.69. The maximum atomic E-state index is 10.2. The van der Waals surface area contributed by atoms with E-state index in [-0.39, 0.29) is 12.3 Å². The molecule has 0 aromatic heterocycles. The zero-order valence-electron chi connectivity index (χ0n) is 7.57. The summed E-state index contributed by atoms with van der Waals surface area (Å²) >= 11 is 0. The molecule has 76 valence electrons. The van der Waals surface area contributed by atoms with E-state index in [4.69, 9.17) is 0 Å². The van der Waals surface area contributed by atoms with Crippen LogP contribution in [0.25, 0.3) is 0 Å². The highest BCUT2D eigenvalue weighted by Gasteiger charge is 2.08. The Morgan fingerprint density at radius 1 is 1.33 bits per heavy atom. The fourth-order valence-electron chi connectivity index (χ4n) is 0.266. The quantitative estimate of drug-likeness (QED) is 0.609. The van der Waals surface area contributed by atoms with Crippen molar-refractivity contribution in [3.63, 3.8) is 0 Å². The summed E-state index contributed by atoms with van der Waals surface area (Å²) in [5.74, 6) is 0. The van der Waals surface area contributed by atoms with Gasteiger partial charge >= 0.3 is 5.71 Å². The van der Waals surface area contributed by atoms with Crippen LogP contribution >= 0.6 is 7.60 Å². The lowest BCUT2D eigenvalue weighted by Gasteiger charge is -2.26. The van der Waals surface area contributed by atoms with Gasteiger partial charge in [-0.25, -0.2) is 4.79 Å². The lowest BCUT2D eigenvalue weighted by molar-refractivity contribution is -0.309. The second-order valence-corrected chi connectivity index (χ2v) is 3.29. The van der Waals surface area contributed by atoms with E-state index in [1.54, 1.807) is 0 Å². The first kappa shape index (κ1) is 17.6. The molecule has 0 bridgehead atoms. The van der Waals surface area contributed by atoms with Gasteiger partial charge < -0.3 is 31.4 Å². The Kier molecular flexibility index (Phi) is 8.94. The molecule has 0 saturated carbocycles. The first-order valence-corrected chi connectivity index (χ1v) is 4.11. The topological polar surface area (TPSA) is 162 Å². The Morgan fingerprint density at radius 2 is 1.67 bits per heavy atom. The second kappa shape index (κ2) is 6.10. The first-order chi connectivity index (χ1) is 4.34. The minimum Gasteiger partial charge on any atom is -0.803 e. The molecule has 0 heterocycles. The number of carbonyl (C=O) groups is 1. The molecule has 0 spiro atoms. The predicted molar refractivity (Wildman–Crippen MR) is 41.2 cm³/mol. The minimum atomic E-state index is -5.17. The SMILES string of the molecule is CC(C)OC(=O)P(=O)([O-])[O-].[NH4+].[NH4+]. The molecule has 0 rings (SSSR count). The van der Waals surface area contributed by atoms with Crippen LogP contribution in [0.3, 0.4) is 0 Å². The molecule has 8 N–H and O–H groups in total. The molecule has 8 heteroatoms. The van der Waals surface area contributed by atoms with E-state index in [1.807, 2.05) is 0 Å². The summed E-state index contributed by atoms with van der Waals surface area (Å²) in [7, 11) is -5.17. The molecular formula is C4H15N2O5P. The number of quaternary nitrogens is 2. The third kappa shape index (κ3) is 7.64. The number of hydrogen-bond donors (Lipinski definition) is 2. The number of carbonyl (C=O) groups excluding carboxylic acids is 1. The molecule has 0 radical (unpaired) electrons. The molecule has 0 aliphatic carbocycles. The van der Waals surface area contributed by atoms with Gasteiger partial charge in [-0.05, 0) is 13.8 Å². The predicted octanol–water partition coefficient (Wildman–Crippen LogP) is 0.198. The largest absolute Gasteiger partial charge is 0.803 e. The van der Waals surface area contributed by atoms with Crippen molar-refractivity contribution in [2.24, 2.45) is 0 Å². The molecule has 0 fully saturated rings. The molecule has 0 aliphatic heterocycles. The summed E-state index contributed by atoms with van der Waals surface area (Å²) < 4.78 is 14.0. The van der Waals surface area contributed by atoms with E-state index < -0.39 is 19.4 Å². The van der Waals surface area contributed by atoms with Gasteiger partial charge in [0.1, 0.15) is 0 Å². The van der Waals surface area contributed by atoms with Gasteiger partial charge in [0.15, 0.2) is 0 Å². The van der Waals surface area contributed by atoms with E-state index in [0.29, 0.717) is 0 Å². The molecule has 0 aromatic rings. The highest BCUT2D eigenvalue weighted by atomic mass is 31.2. The van der Waals surface area contributed by atoms with Crippen LogP contribution in [-0.2, 0) is 9.30 Å². The monoisotopic (exact) mass is 202 g/mol. The molecule has 7 nitrogen and oxygen atoms in total. The van der Waals surface area contributed by atoms with E-state index in [9.17, 15) is 19.1 Å². The number of ether oxygens (including phenoxy) is 1. The van der Waals surface area contributed by atoms with Gasteiger partial charge in [0.2, 0.25) is 0 Å². The Morgan fingerprint density at radius 3 is 1.75 bits per heavy atom. The zero-order valence-corrected chi connectivity index (χ0v) is 8.46. The average Bonchev–Trinajstić information content (AvgIpc) is 1.60. The van der Waals surface area contributed by atoms with Crippen LogP contribution < -0.4 is 22.1 Å². The third-order valence-corrected chi connectivity index (χ3v) is 1.11. The van der Waals surface area contributed by atoms with Crippen LogP contribution in [-0.4, -0.2) is 11.8 Å². The highest BCUT2D eigenvalue weighted by molar-refractivity contribution is 7.66. The van der Waals surface area contributed by atoms with E-state index in [0.717, 1.165) is 0 Å². The summed E-state index contributed by atoms with van der Waals surface area (Å²) in [6.07, 6.45) is -0.580. The van der Waals surface area contributed by atoms with Crippen molar-refractivity contribution in [3.8, 4) is 0 Å². The van der Waals surface area contributed by atoms with Gasteiger partial charge in [0.05, 0.1) is 6.10 Å². The lowest BCUT2D eigenvalue weighted by Crippen LogP contribution is -2.24. The number of hydrogen-bond acceptors (Lipinski definition) is 5. The van der Waals surface area contributed by atoms with Crippen molar-refractivity contribution in [2.45, 2.75) is 20.0 Å². The molecule has 0 saturated heterocycles. The number of rotatable bonds is 2. The molecule has 0 atom stereocenters.